The Bertz CT molecular complexity index is 519. The molecule has 100 valence electrons. The van der Waals surface area contributed by atoms with Gasteiger partial charge in [-0.2, -0.15) is 0 Å². The summed E-state index contributed by atoms with van der Waals surface area (Å²) in [5, 5.41) is 0. The van der Waals surface area contributed by atoms with Crippen molar-refractivity contribution in [3.63, 3.8) is 0 Å². The molecular weight excluding hydrogens is 234 g/mol. The minimum Gasteiger partial charge on any atom is -0.497 e. The van der Waals surface area contributed by atoms with E-state index < -0.39 is 0 Å². The van der Waals surface area contributed by atoms with Crippen LogP contribution in [0.5, 0.6) is 5.75 Å². The molecule has 1 atom stereocenters. The molecule has 0 aliphatic rings. The number of hydrogen-bond acceptors (Lipinski definition) is 2. The second kappa shape index (κ2) is 6.39. The second-order valence-electron chi connectivity index (χ2n) is 4.90. The molecule has 2 rings (SSSR count). The third-order valence-corrected chi connectivity index (χ3v) is 3.44. The van der Waals surface area contributed by atoms with E-state index in [0.717, 1.165) is 12.2 Å². The van der Waals surface area contributed by atoms with Crippen LogP contribution < -0.4 is 10.5 Å². The van der Waals surface area contributed by atoms with Crippen molar-refractivity contribution in [3.05, 3.63) is 65.2 Å². The summed E-state index contributed by atoms with van der Waals surface area (Å²) in [5.74, 6) is 1.26. The minimum absolute atomic E-state index is 0.369. The summed E-state index contributed by atoms with van der Waals surface area (Å²) in [7, 11) is 1.68. The van der Waals surface area contributed by atoms with Gasteiger partial charge in [0.2, 0.25) is 0 Å². The number of ether oxygens (including phenoxy) is 1. The summed E-state index contributed by atoms with van der Waals surface area (Å²) in [6.07, 6.45) is 0.962. The third kappa shape index (κ3) is 3.58. The molecule has 0 aliphatic heterocycles. The van der Waals surface area contributed by atoms with Gasteiger partial charge in [0.05, 0.1) is 7.11 Å². The number of methoxy groups -OCH3 is 1. The van der Waals surface area contributed by atoms with Gasteiger partial charge in [0.15, 0.2) is 0 Å². The fourth-order valence-corrected chi connectivity index (χ4v) is 2.31. The Morgan fingerprint density at radius 1 is 1.11 bits per heavy atom. The number of hydrogen-bond donors (Lipinski definition) is 1. The highest BCUT2D eigenvalue weighted by atomic mass is 16.5. The zero-order valence-corrected chi connectivity index (χ0v) is 11.6. The van der Waals surface area contributed by atoms with Gasteiger partial charge in [0.25, 0.3) is 0 Å². The molecule has 0 fully saturated rings. The lowest BCUT2D eigenvalue weighted by molar-refractivity contribution is 0.414. The molecule has 0 saturated heterocycles. The SMILES string of the molecule is COc1ccc(CC(CN)c2cccc(C)c2)cc1. The standard InChI is InChI=1S/C17H21NO/c1-13-4-3-5-15(10-13)16(12-18)11-14-6-8-17(19-2)9-7-14/h3-10,16H,11-12,18H2,1-2H3. The first-order valence-corrected chi connectivity index (χ1v) is 6.62. The van der Waals surface area contributed by atoms with Gasteiger partial charge in [-0.1, -0.05) is 42.0 Å². The average molecular weight is 255 g/mol. The van der Waals surface area contributed by atoms with Crippen molar-refractivity contribution in [2.75, 3.05) is 13.7 Å². The van der Waals surface area contributed by atoms with E-state index in [1.165, 1.54) is 16.7 Å². The summed E-state index contributed by atoms with van der Waals surface area (Å²) in [6.45, 7) is 2.78. The van der Waals surface area contributed by atoms with E-state index in [1.807, 2.05) is 12.1 Å². The third-order valence-electron chi connectivity index (χ3n) is 3.44. The van der Waals surface area contributed by atoms with Crippen LogP contribution in [-0.4, -0.2) is 13.7 Å². The van der Waals surface area contributed by atoms with Crippen LogP contribution in [0, 0.1) is 6.92 Å². The molecular formula is C17H21NO. The van der Waals surface area contributed by atoms with E-state index >= 15 is 0 Å². The van der Waals surface area contributed by atoms with Gasteiger partial charge in [0, 0.05) is 5.92 Å². The van der Waals surface area contributed by atoms with Crippen LogP contribution >= 0.6 is 0 Å². The fraction of sp³-hybridized carbons (Fsp3) is 0.294. The van der Waals surface area contributed by atoms with Crippen molar-refractivity contribution in [1.82, 2.24) is 0 Å². The molecule has 0 radical (unpaired) electrons. The number of nitrogens with two attached hydrogens (primary N) is 1. The second-order valence-corrected chi connectivity index (χ2v) is 4.90. The van der Waals surface area contributed by atoms with E-state index in [9.17, 15) is 0 Å². The molecule has 2 aromatic rings. The van der Waals surface area contributed by atoms with Gasteiger partial charge < -0.3 is 10.5 Å². The van der Waals surface area contributed by atoms with Crippen LogP contribution in [0.25, 0.3) is 0 Å². The lowest BCUT2D eigenvalue weighted by Crippen LogP contribution is -2.15. The van der Waals surface area contributed by atoms with Crippen molar-refractivity contribution in [1.29, 1.82) is 0 Å². The van der Waals surface area contributed by atoms with Gasteiger partial charge >= 0.3 is 0 Å². The van der Waals surface area contributed by atoms with Crippen LogP contribution in [-0.2, 0) is 6.42 Å². The molecule has 0 amide bonds. The van der Waals surface area contributed by atoms with Gasteiger partial charge in [-0.15, -0.1) is 0 Å². The molecule has 19 heavy (non-hydrogen) atoms. The number of aryl methyl sites for hydroxylation is 1. The molecule has 0 aromatic heterocycles. The van der Waals surface area contributed by atoms with Crippen molar-refractivity contribution >= 4 is 0 Å². The summed E-state index contributed by atoms with van der Waals surface area (Å²) in [6, 6.07) is 16.8. The summed E-state index contributed by atoms with van der Waals surface area (Å²) in [4.78, 5) is 0. The Kier molecular flexibility index (Phi) is 4.58. The maximum Gasteiger partial charge on any atom is 0.118 e. The molecule has 0 spiro atoms. The smallest absolute Gasteiger partial charge is 0.118 e. The van der Waals surface area contributed by atoms with Crippen molar-refractivity contribution < 1.29 is 4.74 Å². The Labute approximate surface area is 115 Å². The highest BCUT2D eigenvalue weighted by Crippen LogP contribution is 2.22. The molecule has 1 unspecified atom stereocenters. The highest BCUT2D eigenvalue weighted by molar-refractivity contribution is 5.31. The lowest BCUT2D eigenvalue weighted by atomic mass is 9.91. The van der Waals surface area contributed by atoms with Crippen LogP contribution in [0.1, 0.15) is 22.6 Å². The fourth-order valence-electron chi connectivity index (χ4n) is 2.31. The first-order valence-electron chi connectivity index (χ1n) is 6.62. The Morgan fingerprint density at radius 2 is 1.84 bits per heavy atom. The van der Waals surface area contributed by atoms with E-state index in [-0.39, 0.29) is 0 Å². The number of benzene rings is 2. The molecule has 0 bridgehead atoms. The number of rotatable bonds is 5. The predicted molar refractivity (Wildman–Crippen MR) is 79.7 cm³/mol. The summed E-state index contributed by atoms with van der Waals surface area (Å²) < 4.78 is 5.18. The van der Waals surface area contributed by atoms with Gasteiger partial charge in [-0.3, -0.25) is 0 Å². The maximum absolute atomic E-state index is 5.93. The zero-order chi connectivity index (χ0) is 13.7. The summed E-state index contributed by atoms with van der Waals surface area (Å²) >= 11 is 0. The van der Waals surface area contributed by atoms with Crippen molar-refractivity contribution in [3.8, 4) is 5.75 Å². The van der Waals surface area contributed by atoms with Crippen LogP contribution in [0.15, 0.2) is 48.5 Å². The molecule has 0 heterocycles. The molecule has 2 nitrogen and oxygen atoms in total. The molecule has 2 N–H and O–H groups in total. The van der Waals surface area contributed by atoms with E-state index in [0.29, 0.717) is 12.5 Å². The van der Waals surface area contributed by atoms with Crippen molar-refractivity contribution in [2.45, 2.75) is 19.3 Å². The molecule has 0 saturated carbocycles. The average Bonchev–Trinajstić information content (AvgIpc) is 2.45. The first-order chi connectivity index (χ1) is 9.22. The highest BCUT2D eigenvalue weighted by Gasteiger charge is 2.10. The molecule has 2 heteroatoms. The van der Waals surface area contributed by atoms with E-state index in [2.05, 4.69) is 43.3 Å². The Balaban J connectivity index is 2.14. The zero-order valence-electron chi connectivity index (χ0n) is 11.6. The largest absolute Gasteiger partial charge is 0.497 e. The minimum atomic E-state index is 0.369. The van der Waals surface area contributed by atoms with Crippen LogP contribution in [0.3, 0.4) is 0 Å². The van der Waals surface area contributed by atoms with Crippen LogP contribution in [0.4, 0.5) is 0 Å². The van der Waals surface area contributed by atoms with Gasteiger partial charge in [-0.25, -0.2) is 0 Å². The molecule has 2 aromatic carbocycles. The maximum atomic E-state index is 5.93. The van der Waals surface area contributed by atoms with Crippen molar-refractivity contribution in [2.24, 2.45) is 5.73 Å². The monoisotopic (exact) mass is 255 g/mol. The Hall–Kier alpha value is -1.80. The van der Waals surface area contributed by atoms with E-state index in [4.69, 9.17) is 10.5 Å². The molecule has 0 aliphatic carbocycles. The van der Waals surface area contributed by atoms with Crippen LogP contribution in [0.2, 0.25) is 0 Å². The quantitative estimate of drug-likeness (QED) is 0.889. The summed E-state index contributed by atoms with van der Waals surface area (Å²) in [5.41, 5.74) is 9.82. The Morgan fingerprint density at radius 3 is 2.42 bits per heavy atom. The first kappa shape index (κ1) is 13.6. The van der Waals surface area contributed by atoms with Gasteiger partial charge in [0.1, 0.15) is 5.75 Å². The van der Waals surface area contributed by atoms with E-state index in [1.54, 1.807) is 7.11 Å². The topological polar surface area (TPSA) is 35.2 Å². The predicted octanol–water partition coefficient (Wildman–Crippen LogP) is 3.29. The normalized spacial score (nSPS) is 12.2. The van der Waals surface area contributed by atoms with Gasteiger partial charge in [-0.05, 0) is 43.1 Å². The lowest BCUT2D eigenvalue weighted by Gasteiger charge is -2.16.